The molecule has 0 aromatic heterocycles. The Morgan fingerprint density at radius 3 is 2.34 bits per heavy atom. The van der Waals surface area contributed by atoms with E-state index in [2.05, 4.69) is 11.4 Å². The highest BCUT2D eigenvalue weighted by Crippen LogP contribution is 2.25. The number of carbonyl (C=O) groups is 1. The normalized spacial score (nSPS) is 10.2. The van der Waals surface area contributed by atoms with Crippen LogP contribution >= 0.6 is 23.2 Å². The van der Waals surface area contributed by atoms with Crippen molar-refractivity contribution in [2.45, 2.75) is 19.4 Å². The first-order chi connectivity index (χ1) is 14.1. The molecule has 3 aromatic rings. The smallest absolute Gasteiger partial charge is 0.228 e. The number of para-hydroxylation sites is 1. The molecule has 0 atom stereocenters. The molecule has 0 aliphatic rings. The third kappa shape index (κ3) is 5.74. The second-order valence-corrected chi connectivity index (χ2v) is 7.16. The molecule has 0 fully saturated rings. The van der Waals surface area contributed by atoms with Crippen LogP contribution in [-0.2, 0) is 24.2 Å². The van der Waals surface area contributed by atoms with Crippen LogP contribution in [0.3, 0.4) is 0 Å². The zero-order valence-electron chi connectivity index (χ0n) is 15.5. The van der Waals surface area contributed by atoms with Gasteiger partial charge in [0.05, 0.1) is 18.9 Å². The van der Waals surface area contributed by atoms with Crippen LogP contribution in [0.5, 0.6) is 5.75 Å². The van der Waals surface area contributed by atoms with Crippen molar-refractivity contribution in [3.63, 3.8) is 0 Å². The molecule has 0 bridgehead atoms. The number of hydrogen-bond acceptors (Lipinski definition) is 3. The molecule has 29 heavy (non-hydrogen) atoms. The van der Waals surface area contributed by atoms with Crippen LogP contribution in [0.1, 0.15) is 16.7 Å². The van der Waals surface area contributed by atoms with Crippen molar-refractivity contribution in [2.24, 2.45) is 0 Å². The lowest BCUT2D eigenvalue weighted by atomic mass is 10.1. The number of ether oxygens (including phenoxy) is 1. The minimum Gasteiger partial charge on any atom is -0.489 e. The Balaban J connectivity index is 1.65. The maximum atomic E-state index is 12.5. The molecule has 1 amide bonds. The van der Waals surface area contributed by atoms with Gasteiger partial charge in [-0.1, -0.05) is 59.6 Å². The number of amides is 1. The van der Waals surface area contributed by atoms with Gasteiger partial charge in [0.1, 0.15) is 12.4 Å². The zero-order chi connectivity index (χ0) is 20.6. The van der Waals surface area contributed by atoms with Crippen LogP contribution in [0.25, 0.3) is 0 Å². The van der Waals surface area contributed by atoms with Gasteiger partial charge in [0, 0.05) is 21.3 Å². The van der Waals surface area contributed by atoms with Gasteiger partial charge >= 0.3 is 0 Å². The summed E-state index contributed by atoms with van der Waals surface area (Å²) in [5.41, 5.74) is 3.04. The first-order valence-corrected chi connectivity index (χ1v) is 9.71. The largest absolute Gasteiger partial charge is 0.489 e. The molecule has 0 spiro atoms. The van der Waals surface area contributed by atoms with Crippen LogP contribution in [0.2, 0.25) is 10.0 Å². The molecule has 0 saturated carbocycles. The Kier molecular flexibility index (Phi) is 7.13. The quantitative estimate of drug-likeness (QED) is 0.519. The monoisotopic (exact) mass is 424 g/mol. The molecule has 146 valence electrons. The lowest BCUT2D eigenvalue weighted by Gasteiger charge is -2.13. The van der Waals surface area contributed by atoms with Gasteiger partial charge in [-0.25, -0.2) is 0 Å². The van der Waals surface area contributed by atoms with Crippen molar-refractivity contribution in [3.8, 4) is 11.8 Å². The molecule has 6 heteroatoms. The highest BCUT2D eigenvalue weighted by atomic mass is 35.5. The van der Waals surface area contributed by atoms with Crippen molar-refractivity contribution in [3.05, 3.63) is 93.5 Å². The third-order valence-corrected chi connectivity index (χ3v) is 5.00. The first kappa shape index (κ1) is 20.7. The predicted molar refractivity (Wildman–Crippen MR) is 115 cm³/mol. The number of nitriles is 1. The summed E-state index contributed by atoms with van der Waals surface area (Å²) in [6.45, 7) is 0.293. The minimum absolute atomic E-state index is 0.0774. The van der Waals surface area contributed by atoms with E-state index in [-0.39, 0.29) is 12.3 Å². The molecular formula is C23H18Cl2N2O2. The van der Waals surface area contributed by atoms with E-state index < -0.39 is 0 Å². The molecule has 0 aliphatic heterocycles. The summed E-state index contributed by atoms with van der Waals surface area (Å²) in [6.07, 6.45) is 0.443. The summed E-state index contributed by atoms with van der Waals surface area (Å²) in [4.78, 5) is 12.5. The van der Waals surface area contributed by atoms with Crippen molar-refractivity contribution in [2.75, 3.05) is 5.32 Å². The molecule has 0 heterocycles. The molecule has 0 radical (unpaired) electrons. The Morgan fingerprint density at radius 1 is 0.966 bits per heavy atom. The van der Waals surface area contributed by atoms with E-state index in [1.807, 2.05) is 48.5 Å². The molecule has 3 aromatic carbocycles. The summed E-state index contributed by atoms with van der Waals surface area (Å²) in [5, 5.41) is 12.6. The Morgan fingerprint density at radius 2 is 1.66 bits per heavy atom. The predicted octanol–water partition coefficient (Wildman–Crippen LogP) is 5.82. The molecule has 0 unspecified atom stereocenters. The fraction of sp³-hybridized carbons (Fsp3) is 0.130. The summed E-state index contributed by atoms with van der Waals surface area (Å²) < 4.78 is 5.83. The number of anilines is 1. The van der Waals surface area contributed by atoms with E-state index in [9.17, 15) is 4.79 Å². The van der Waals surface area contributed by atoms with E-state index in [0.717, 1.165) is 11.1 Å². The van der Waals surface area contributed by atoms with Crippen LogP contribution < -0.4 is 10.1 Å². The van der Waals surface area contributed by atoms with Crippen LogP contribution in [-0.4, -0.2) is 5.91 Å². The van der Waals surface area contributed by atoms with Gasteiger partial charge in [0.25, 0.3) is 0 Å². The second-order valence-electron chi connectivity index (χ2n) is 6.35. The maximum Gasteiger partial charge on any atom is 0.228 e. The van der Waals surface area contributed by atoms with Crippen molar-refractivity contribution >= 4 is 34.8 Å². The molecule has 3 rings (SSSR count). The minimum atomic E-state index is -0.215. The van der Waals surface area contributed by atoms with Gasteiger partial charge in [0.2, 0.25) is 5.91 Å². The zero-order valence-corrected chi connectivity index (χ0v) is 17.0. The number of hydrogen-bond donors (Lipinski definition) is 1. The lowest BCUT2D eigenvalue weighted by molar-refractivity contribution is -0.115. The molecule has 0 aliphatic carbocycles. The number of nitrogens with one attached hydrogen (secondary N) is 1. The number of rotatable bonds is 7. The summed E-state index contributed by atoms with van der Waals surface area (Å²) in [6, 6.07) is 22.1. The van der Waals surface area contributed by atoms with Gasteiger partial charge in [-0.2, -0.15) is 5.26 Å². The first-order valence-electron chi connectivity index (χ1n) is 8.96. The standard InChI is InChI=1S/C23H18Cl2N2O2/c24-20-5-3-6-21(25)19(20)14-23(28)27-22-7-2-1-4-17(22)15-29-18-10-8-16(9-11-18)12-13-26/h1-11H,12,14-15H2,(H,27,28). The average Bonchev–Trinajstić information content (AvgIpc) is 2.71. The highest BCUT2D eigenvalue weighted by molar-refractivity contribution is 6.36. The molecule has 0 saturated heterocycles. The van der Waals surface area contributed by atoms with E-state index in [1.54, 1.807) is 18.2 Å². The Labute approximate surface area is 179 Å². The van der Waals surface area contributed by atoms with Crippen molar-refractivity contribution < 1.29 is 9.53 Å². The van der Waals surface area contributed by atoms with Gasteiger partial charge in [-0.15, -0.1) is 0 Å². The number of carbonyl (C=O) groups excluding carboxylic acids is 1. The topological polar surface area (TPSA) is 62.1 Å². The van der Waals surface area contributed by atoms with Gasteiger partial charge in [0.15, 0.2) is 0 Å². The van der Waals surface area contributed by atoms with Gasteiger partial charge in [-0.05, 0) is 41.5 Å². The van der Waals surface area contributed by atoms with E-state index in [4.69, 9.17) is 33.2 Å². The highest BCUT2D eigenvalue weighted by Gasteiger charge is 2.12. The van der Waals surface area contributed by atoms with E-state index in [0.29, 0.717) is 40.1 Å². The van der Waals surface area contributed by atoms with Crippen LogP contribution in [0.15, 0.2) is 66.7 Å². The second kappa shape index (κ2) is 9.97. The Bertz CT molecular complexity index is 1020. The third-order valence-electron chi connectivity index (χ3n) is 4.29. The van der Waals surface area contributed by atoms with Crippen LogP contribution in [0.4, 0.5) is 5.69 Å². The molecular weight excluding hydrogens is 407 g/mol. The fourth-order valence-corrected chi connectivity index (χ4v) is 3.31. The summed E-state index contributed by atoms with van der Waals surface area (Å²) in [7, 11) is 0. The van der Waals surface area contributed by atoms with Crippen LogP contribution in [0, 0.1) is 11.3 Å². The molecule has 1 N–H and O–H groups in total. The lowest BCUT2D eigenvalue weighted by Crippen LogP contribution is -2.16. The van der Waals surface area contributed by atoms with Crippen molar-refractivity contribution in [1.82, 2.24) is 0 Å². The van der Waals surface area contributed by atoms with Crippen molar-refractivity contribution in [1.29, 1.82) is 5.26 Å². The number of halogens is 2. The molecule has 4 nitrogen and oxygen atoms in total. The fourth-order valence-electron chi connectivity index (χ4n) is 2.78. The Hall–Kier alpha value is -3.00. The maximum absolute atomic E-state index is 12.5. The number of benzene rings is 3. The average molecular weight is 425 g/mol. The summed E-state index contributed by atoms with van der Waals surface area (Å²) in [5.74, 6) is 0.476. The van der Waals surface area contributed by atoms with Gasteiger partial charge < -0.3 is 10.1 Å². The van der Waals surface area contributed by atoms with E-state index >= 15 is 0 Å². The van der Waals surface area contributed by atoms with Gasteiger partial charge in [-0.3, -0.25) is 4.79 Å². The SMILES string of the molecule is N#CCc1ccc(OCc2ccccc2NC(=O)Cc2c(Cl)cccc2Cl)cc1. The number of nitrogens with zero attached hydrogens (tertiary/aromatic N) is 1. The van der Waals surface area contributed by atoms with E-state index in [1.165, 1.54) is 0 Å². The summed E-state index contributed by atoms with van der Waals surface area (Å²) >= 11 is 12.3.